The van der Waals surface area contributed by atoms with E-state index in [-0.39, 0.29) is 6.61 Å². The van der Waals surface area contributed by atoms with E-state index in [0.717, 1.165) is 30.6 Å². The van der Waals surface area contributed by atoms with Gasteiger partial charge in [-0.2, -0.15) is 8.42 Å². The Morgan fingerprint density at radius 1 is 1.37 bits per heavy atom. The molecule has 6 heteroatoms. The topological polar surface area (TPSA) is 69.4 Å². The molecule has 0 aliphatic heterocycles. The van der Waals surface area contributed by atoms with Gasteiger partial charge in [-0.1, -0.05) is 5.57 Å². The number of nitrogens with zero attached hydrogens (tertiary/aromatic N) is 1. The molecule has 1 aromatic heterocycles. The predicted molar refractivity (Wildman–Crippen MR) is 72.2 cm³/mol. The Balaban J connectivity index is 1.98. The molecule has 0 atom stereocenters. The van der Waals surface area contributed by atoms with Crippen molar-refractivity contribution in [3.05, 3.63) is 22.9 Å². The highest BCUT2D eigenvalue weighted by Crippen LogP contribution is 2.26. The number of aryl methyl sites for hydroxylation is 1. The van der Waals surface area contributed by atoms with Crippen LogP contribution < -0.4 is 0 Å². The summed E-state index contributed by atoms with van der Waals surface area (Å²) in [5.74, 6) is 1.34. The van der Waals surface area contributed by atoms with Gasteiger partial charge in [0.1, 0.15) is 5.76 Å². The van der Waals surface area contributed by atoms with Crippen LogP contribution in [-0.2, 0) is 20.7 Å². The summed E-state index contributed by atoms with van der Waals surface area (Å²) < 4.78 is 32.0. The van der Waals surface area contributed by atoms with E-state index in [2.05, 4.69) is 4.98 Å². The Hall–Kier alpha value is -1.14. The van der Waals surface area contributed by atoms with Crippen LogP contribution in [0.2, 0.25) is 0 Å². The molecule has 0 bridgehead atoms. The molecular formula is C13H19NO4S. The van der Waals surface area contributed by atoms with E-state index in [1.807, 2.05) is 13.0 Å². The van der Waals surface area contributed by atoms with E-state index in [1.165, 1.54) is 18.4 Å². The Bertz CT molecular complexity index is 563. The van der Waals surface area contributed by atoms with Crippen molar-refractivity contribution in [2.24, 2.45) is 0 Å². The van der Waals surface area contributed by atoms with E-state index < -0.39 is 10.1 Å². The van der Waals surface area contributed by atoms with Crippen molar-refractivity contribution in [3.8, 4) is 0 Å². The first-order valence-corrected chi connectivity index (χ1v) is 8.26. The van der Waals surface area contributed by atoms with Crippen molar-refractivity contribution in [2.75, 3.05) is 12.9 Å². The zero-order chi connectivity index (χ0) is 13.9. The van der Waals surface area contributed by atoms with E-state index in [0.29, 0.717) is 12.3 Å². The fraction of sp³-hybridized carbons (Fsp3) is 0.615. The van der Waals surface area contributed by atoms with Gasteiger partial charge in [0, 0.05) is 6.42 Å². The molecular weight excluding hydrogens is 266 g/mol. The SMILES string of the molecule is Cc1oc(C=C2CCCC2)nc1CCOS(C)(=O)=O. The first-order chi connectivity index (χ1) is 8.94. The molecule has 1 saturated carbocycles. The Morgan fingerprint density at radius 2 is 2.05 bits per heavy atom. The van der Waals surface area contributed by atoms with E-state index in [4.69, 9.17) is 8.60 Å². The molecule has 1 heterocycles. The molecule has 0 spiro atoms. The summed E-state index contributed by atoms with van der Waals surface area (Å²) in [5.41, 5.74) is 2.13. The van der Waals surface area contributed by atoms with Crippen molar-refractivity contribution in [2.45, 2.75) is 39.0 Å². The molecule has 19 heavy (non-hydrogen) atoms. The van der Waals surface area contributed by atoms with E-state index >= 15 is 0 Å². The molecule has 0 unspecified atom stereocenters. The molecule has 1 fully saturated rings. The highest BCUT2D eigenvalue weighted by Gasteiger charge is 2.12. The van der Waals surface area contributed by atoms with Crippen LogP contribution in [0.25, 0.3) is 6.08 Å². The van der Waals surface area contributed by atoms with Crippen molar-refractivity contribution in [1.29, 1.82) is 0 Å². The second-order valence-corrected chi connectivity index (χ2v) is 6.48. The summed E-state index contributed by atoms with van der Waals surface area (Å²) in [6, 6.07) is 0. The fourth-order valence-corrected chi connectivity index (χ4v) is 2.57. The smallest absolute Gasteiger partial charge is 0.264 e. The Kier molecular flexibility index (Phi) is 4.42. The maximum absolute atomic E-state index is 10.9. The third kappa shape index (κ3) is 4.47. The number of rotatable bonds is 5. The van der Waals surface area contributed by atoms with Crippen molar-refractivity contribution < 1.29 is 17.0 Å². The van der Waals surface area contributed by atoms with Gasteiger partial charge in [0.05, 0.1) is 18.6 Å². The molecule has 0 radical (unpaired) electrons. The average molecular weight is 285 g/mol. The molecule has 1 aromatic rings. The second-order valence-electron chi connectivity index (χ2n) is 4.84. The third-order valence-corrected chi connectivity index (χ3v) is 3.71. The van der Waals surface area contributed by atoms with Crippen molar-refractivity contribution in [1.82, 2.24) is 4.98 Å². The van der Waals surface area contributed by atoms with Crippen LogP contribution in [0.5, 0.6) is 0 Å². The van der Waals surface area contributed by atoms with Gasteiger partial charge in [-0.05, 0) is 38.7 Å². The monoisotopic (exact) mass is 285 g/mol. The van der Waals surface area contributed by atoms with Crippen LogP contribution in [0.3, 0.4) is 0 Å². The Labute approximate surface area is 113 Å². The van der Waals surface area contributed by atoms with Gasteiger partial charge in [0.25, 0.3) is 10.1 Å². The molecule has 0 N–H and O–H groups in total. The summed E-state index contributed by atoms with van der Waals surface area (Å²) in [7, 11) is -3.39. The molecule has 1 aliphatic rings. The number of hydrogen-bond acceptors (Lipinski definition) is 5. The summed E-state index contributed by atoms with van der Waals surface area (Å²) >= 11 is 0. The van der Waals surface area contributed by atoms with Gasteiger partial charge in [-0.3, -0.25) is 4.18 Å². The van der Waals surface area contributed by atoms with Gasteiger partial charge in [-0.15, -0.1) is 0 Å². The summed E-state index contributed by atoms with van der Waals surface area (Å²) in [6.45, 7) is 1.93. The van der Waals surface area contributed by atoms with Crippen LogP contribution in [0, 0.1) is 6.92 Å². The highest BCUT2D eigenvalue weighted by atomic mass is 32.2. The van der Waals surface area contributed by atoms with Crippen LogP contribution in [0.1, 0.15) is 43.0 Å². The maximum Gasteiger partial charge on any atom is 0.264 e. The van der Waals surface area contributed by atoms with Crippen LogP contribution in [0.4, 0.5) is 0 Å². The molecule has 0 amide bonds. The van der Waals surface area contributed by atoms with Crippen LogP contribution in [0.15, 0.2) is 9.99 Å². The number of allylic oxidation sites excluding steroid dienone is 1. The minimum absolute atomic E-state index is 0.0994. The van der Waals surface area contributed by atoms with E-state index in [9.17, 15) is 8.42 Å². The molecule has 1 aliphatic carbocycles. The third-order valence-electron chi connectivity index (χ3n) is 3.12. The van der Waals surface area contributed by atoms with Crippen molar-refractivity contribution in [3.63, 3.8) is 0 Å². The van der Waals surface area contributed by atoms with Crippen LogP contribution in [-0.4, -0.2) is 26.3 Å². The quantitative estimate of drug-likeness (QED) is 0.777. The lowest BCUT2D eigenvalue weighted by Gasteiger charge is -1.98. The zero-order valence-electron chi connectivity index (χ0n) is 11.3. The van der Waals surface area contributed by atoms with Gasteiger partial charge >= 0.3 is 0 Å². The molecule has 0 aromatic carbocycles. The van der Waals surface area contributed by atoms with Crippen LogP contribution >= 0.6 is 0 Å². The highest BCUT2D eigenvalue weighted by molar-refractivity contribution is 7.85. The summed E-state index contributed by atoms with van der Waals surface area (Å²) in [4.78, 5) is 4.37. The lowest BCUT2D eigenvalue weighted by Crippen LogP contribution is -2.06. The molecule has 2 rings (SSSR count). The zero-order valence-corrected chi connectivity index (χ0v) is 12.1. The van der Waals surface area contributed by atoms with E-state index in [1.54, 1.807) is 0 Å². The largest absolute Gasteiger partial charge is 0.442 e. The Morgan fingerprint density at radius 3 is 2.68 bits per heavy atom. The average Bonchev–Trinajstić information content (AvgIpc) is 2.88. The van der Waals surface area contributed by atoms with Gasteiger partial charge < -0.3 is 4.42 Å². The molecule has 106 valence electrons. The summed E-state index contributed by atoms with van der Waals surface area (Å²) in [6.07, 6.45) is 8.19. The second kappa shape index (κ2) is 5.88. The number of oxazole rings is 1. The first-order valence-electron chi connectivity index (χ1n) is 6.44. The summed E-state index contributed by atoms with van der Waals surface area (Å²) in [5, 5.41) is 0. The number of aromatic nitrogens is 1. The fourth-order valence-electron chi connectivity index (χ4n) is 2.18. The van der Waals surface area contributed by atoms with Gasteiger partial charge in [0.2, 0.25) is 5.89 Å². The van der Waals surface area contributed by atoms with Crippen molar-refractivity contribution >= 4 is 16.2 Å². The van der Waals surface area contributed by atoms with Gasteiger partial charge in [0.15, 0.2) is 0 Å². The lowest BCUT2D eigenvalue weighted by atomic mass is 10.2. The minimum atomic E-state index is -3.39. The predicted octanol–water partition coefficient (Wildman–Crippen LogP) is 2.46. The molecule has 0 saturated heterocycles. The minimum Gasteiger partial charge on any atom is -0.442 e. The standard InChI is InChI=1S/C13H19NO4S/c1-10-12(7-8-17-19(2,15)16)14-13(18-10)9-11-5-3-4-6-11/h9H,3-8H2,1-2H3. The number of hydrogen-bond donors (Lipinski definition) is 0. The van der Waals surface area contributed by atoms with Gasteiger partial charge in [-0.25, -0.2) is 4.98 Å². The lowest BCUT2D eigenvalue weighted by molar-refractivity contribution is 0.324. The first kappa shape index (κ1) is 14.3. The maximum atomic E-state index is 10.9. The molecule has 5 nitrogen and oxygen atoms in total. The normalized spacial score (nSPS) is 16.0.